The van der Waals surface area contributed by atoms with Gasteiger partial charge in [-0.25, -0.2) is 0 Å². The van der Waals surface area contributed by atoms with Gasteiger partial charge in [-0.1, -0.05) is 0 Å². The van der Waals surface area contributed by atoms with Gasteiger partial charge in [-0.05, 0) is 34.1 Å². The number of nitrogens with two attached hydrogens (primary N) is 2. The lowest BCUT2D eigenvalue weighted by atomic mass is 10.1. The third kappa shape index (κ3) is 6.49. The molecule has 0 aliphatic rings. The monoisotopic (exact) mass is 264 g/mol. The smallest absolute Gasteiger partial charge is 0.374 e. The van der Waals surface area contributed by atoms with Crippen molar-refractivity contribution in [2.75, 3.05) is 19.8 Å². The largest absolute Gasteiger partial charge is 0.500 e. The fraction of sp³-hybridized carbons (Fsp3) is 1.00. The average Bonchev–Trinajstić information content (AvgIpc) is 2.27. The number of hydrogen-bond acceptors (Lipinski definition) is 5. The Hall–Kier alpha value is 0.0169. The fourth-order valence-corrected chi connectivity index (χ4v) is 4.30. The van der Waals surface area contributed by atoms with Crippen LogP contribution in [0.25, 0.3) is 0 Å². The maximum absolute atomic E-state index is 5.94. The van der Waals surface area contributed by atoms with E-state index in [0.717, 1.165) is 12.5 Å². The van der Waals surface area contributed by atoms with E-state index in [4.69, 9.17) is 24.7 Å². The minimum absolute atomic E-state index is 0.0217. The maximum Gasteiger partial charge on any atom is 0.500 e. The summed E-state index contributed by atoms with van der Waals surface area (Å²) < 4.78 is 17.2. The molecule has 0 aromatic heterocycles. The Labute approximate surface area is 106 Å². The van der Waals surface area contributed by atoms with E-state index < -0.39 is 8.80 Å². The molecule has 0 spiro atoms. The van der Waals surface area contributed by atoms with Crippen LogP contribution in [0.3, 0.4) is 0 Å². The zero-order valence-corrected chi connectivity index (χ0v) is 12.6. The lowest BCUT2D eigenvalue weighted by Gasteiger charge is -2.29. The first kappa shape index (κ1) is 17.0. The molecule has 104 valence electrons. The standard InChI is InChI=1S/C11H28N2O3Si/c1-5-14-17(15-6-2,16-7-3)9-8-11(13)10(4)12/h10-11H,5-9,12-13H2,1-4H3. The molecule has 0 heterocycles. The van der Waals surface area contributed by atoms with Crippen molar-refractivity contribution in [3.63, 3.8) is 0 Å². The van der Waals surface area contributed by atoms with Gasteiger partial charge >= 0.3 is 8.80 Å². The van der Waals surface area contributed by atoms with E-state index >= 15 is 0 Å². The summed E-state index contributed by atoms with van der Waals surface area (Å²) >= 11 is 0. The van der Waals surface area contributed by atoms with E-state index in [1.165, 1.54) is 0 Å². The highest BCUT2D eigenvalue weighted by atomic mass is 28.4. The highest BCUT2D eigenvalue weighted by molar-refractivity contribution is 6.60. The summed E-state index contributed by atoms with van der Waals surface area (Å²) in [6.45, 7) is 9.55. The molecule has 0 aromatic rings. The van der Waals surface area contributed by atoms with E-state index in [1.807, 2.05) is 27.7 Å². The van der Waals surface area contributed by atoms with E-state index in [9.17, 15) is 0 Å². The number of rotatable bonds is 10. The molecule has 17 heavy (non-hydrogen) atoms. The predicted molar refractivity (Wildman–Crippen MR) is 71.7 cm³/mol. The lowest BCUT2D eigenvalue weighted by molar-refractivity contribution is 0.0702. The average molecular weight is 264 g/mol. The third-order valence-electron chi connectivity index (χ3n) is 2.55. The molecule has 0 bridgehead atoms. The van der Waals surface area contributed by atoms with Crippen LogP contribution in [0.2, 0.25) is 6.04 Å². The maximum atomic E-state index is 5.94. The summed E-state index contributed by atoms with van der Waals surface area (Å²) in [5.74, 6) is 0. The predicted octanol–water partition coefficient (Wildman–Crippen LogP) is 1.10. The van der Waals surface area contributed by atoms with Crippen molar-refractivity contribution in [3.05, 3.63) is 0 Å². The molecule has 0 amide bonds. The van der Waals surface area contributed by atoms with Gasteiger partial charge in [0.25, 0.3) is 0 Å². The molecule has 0 saturated carbocycles. The molecule has 0 aromatic carbocycles. The molecule has 0 aliphatic carbocycles. The van der Waals surface area contributed by atoms with E-state index in [0.29, 0.717) is 19.8 Å². The highest BCUT2D eigenvalue weighted by Gasteiger charge is 2.40. The first-order valence-corrected chi connectivity index (χ1v) is 8.37. The Morgan fingerprint density at radius 2 is 1.35 bits per heavy atom. The summed E-state index contributed by atoms with van der Waals surface area (Å²) in [7, 11) is -2.54. The molecule has 0 radical (unpaired) electrons. The van der Waals surface area contributed by atoms with Crippen LogP contribution >= 0.6 is 0 Å². The van der Waals surface area contributed by atoms with Gasteiger partial charge in [-0.15, -0.1) is 0 Å². The van der Waals surface area contributed by atoms with Crippen LogP contribution in [0.5, 0.6) is 0 Å². The first-order chi connectivity index (χ1) is 8.01. The second-order valence-electron chi connectivity index (χ2n) is 4.04. The van der Waals surface area contributed by atoms with Gasteiger partial charge in [-0.3, -0.25) is 0 Å². The van der Waals surface area contributed by atoms with Crippen LogP contribution in [0.4, 0.5) is 0 Å². The van der Waals surface area contributed by atoms with Gasteiger partial charge in [0.2, 0.25) is 0 Å². The minimum atomic E-state index is -2.54. The van der Waals surface area contributed by atoms with Crippen molar-refractivity contribution in [2.24, 2.45) is 11.5 Å². The first-order valence-electron chi connectivity index (χ1n) is 6.44. The minimum Gasteiger partial charge on any atom is -0.374 e. The van der Waals surface area contributed by atoms with Crippen LogP contribution in [0, 0.1) is 0 Å². The van der Waals surface area contributed by atoms with Gasteiger partial charge in [0.1, 0.15) is 0 Å². The van der Waals surface area contributed by atoms with Crippen molar-refractivity contribution < 1.29 is 13.3 Å². The topological polar surface area (TPSA) is 79.7 Å². The Bertz CT molecular complexity index is 177. The van der Waals surface area contributed by atoms with Crippen LogP contribution in [0.15, 0.2) is 0 Å². The second-order valence-corrected chi connectivity index (χ2v) is 6.78. The molecule has 5 nitrogen and oxygen atoms in total. The van der Waals surface area contributed by atoms with Crippen LogP contribution in [-0.4, -0.2) is 40.7 Å². The molecule has 0 aliphatic heterocycles. The summed E-state index contributed by atoms with van der Waals surface area (Å²) in [4.78, 5) is 0. The van der Waals surface area contributed by atoms with Gasteiger partial charge in [0.15, 0.2) is 0 Å². The Morgan fingerprint density at radius 3 is 1.65 bits per heavy atom. The fourth-order valence-electron chi connectivity index (χ4n) is 1.61. The second kappa shape index (κ2) is 9.01. The van der Waals surface area contributed by atoms with E-state index in [1.54, 1.807) is 0 Å². The molecular weight excluding hydrogens is 236 g/mol. The summed E-state index contributed by atoms with van der Waals surface area (Å²) in [6.07, 6.45) is 0.768. The van der Waals surface area contributed by atoms with Gasteiger partial charge in [0, 0.05) is 37.9 Å². The van der Waals surface area contributed by atoms with E-state index in [-0.39, 0.29) is 12.1 Å². The normalized spacial score (nSPS) is 15.9. The molecule has 2 atom stereocenters. The van der Waals surface area contributed by atoms with Crippen molar-refractivity contribution in [2.45, 2.75) is 52.2 Å². The molecular formula is C11H28N2O3Si. The van der Waals surface area contributed by atoms with Crippen molar-refractivity contribution >= 4 is 8.80 Å². The zero-order chi connectivity index (χ0) is 13.3. The molecule has 4 N–H and O–H groups in total. The van der Waals surface area contributed by atoms with Gasteiger partial charge < -0.3 is 24.7 Å². The summed E-state index contributed by atoms with van der Waals surface area (Å²) in [5, 5.41) is 0. The van der Waals surface area contributed by atoms with Crippen molar-refractivity contribution in [1.82, 2.24) is 0 Å². The van der Waals surface area contributed by atoms with Crippen LogP contribution in [0.1, 0.15) is 34.1 Å². The zero-order valence-electron chi connectivity index (χ0n) is 11.6. The molecule has 2 unspecified atom stereocenters. The lowest BCUT2D eigenvalue weighted by Crippen LogP contribution is -2.48. The summed E-state index contributed by atoms with van der Waals surface area (Å²) in [6, 6.07) is 0.667. The van der Waals surface area contributed by atoms with Crippen LogP contribution in [-0.2, 0) is 13.3 Å². The van der Waals surface area contributed by atoms with E-state index in [2.05, 4.69) is 0 Å². The Morgan fingerprint density at radius 1 is 0.941 bits per heavy atom. The Kier molecular flexibility index (Phi) is 9.02. The summed E-state index contributed by atoms with van der Waals surface area (Å²) in [5.41, 5.74) is 11.7. The van der Waals surface area contributed by atoms with Crippen LogP contribution < -0.4 is 11.5 Å². The van der Waals surface area contributed by atoms with Crippen molar-refractivity contribution in [3.8, 4) is 0 Å². The highest BCUT2D eigenvalue weighted by Crippen LogP contribution is 2.19. The van der Waals surface area contributed by atoms with Gasteiger partial charge in [-0.2, -0.15) is 0 Å². The molecule has 6 heteroatoms. The molecule has 0 saturated heterocycles. The Balaban J connectivity index is 4.42. The third-order valence-corrected chi connectivity index (χ3v) is 5.64. The molecule has 0 rings (SSSR count). The quantitative estimate of drug-likeness (QED) is 0.578. The number of hydrogen-bond donors (Lipinski definition) is 2. The SMILES string of the molecule is CCO[Si](CCC(N)C(C)N)(OCC)OCC. The van der Waals surface area contributed by atoms with Crippen molar-refractivity contribution in [1.29, 1.82) is 0 Å². The van der Waals surface area contributed by atoms with Gasteiger partial charge in [0.05, 0.1) is 0 Å². The molecule has 0 fully saturated rings.